The van der Waals surface area contributed by atoms with Crippen molar-refractivity contribution < 1.29 is 4.79 Å². The Morgan fingerprint density at radius 2 is 2.54 bits per heavy atom. The van der Waals surface area contributed by atoms with Gasteiger partial charge in [0.1, 0.15) is 5.00 Å². The van der Waals surface area contributed by atoms with Crippen LogP contribution in [0, 0.1) is 0 Å². The van der Waals surface area contributed by atoms with E-state index in [1.54, 1.807) is 0 Å². The van der Waals surface area contributed by atoms with E-state index in [0.717, 1.165) is 6.54 Å². The van der Waals surface area contributed by atoms with Crippen LogP contribution in [0.15, 0.2) is 6.20 Å². The van der Waals surface area contributed by atoms with Crippen LogP contribution in [0.4, 0.5) is 5.00 Å². The fourth-order valence-corrected chi connectivity index (χ4v) is 1.24. The highest BCUT2D eigenvalue weighted by Crippen LogP contribution is 2.08. The molecule has 0 aromatic carbocycles. The molecule has 0 aliphatic heterocycles. The summed E-state index contributed by atoms with van der Waals surface area (Å²) < 4.78 is 3.63. The minimum absolute atomic E-state index is 0.00741. The van der Waals surface area contributed by atoms with Crippen molar-refractivity contribution in [2.24, 2.45) is 0 Å². The average molecular weight is 200 g/mol. The van der Waals surface area contributed by atoms with Gasteiger partial charge in [0.15, 0.2) is 0 Å². The summed E-state index contributed by atoms with van der Waals surface area (Å²) >= 11 is 1.18. The number of nitrogens with one attached hydrogen (secondary N) is 2. The van der Waals surface area contributed by atoms with E-state index >= 15 is 0 Å². The van der Waals surface area contributed by atoms with E-state index in [0.29, 0.717) is 18.0 Å². The first-order valence-electron chi connectivity index (χ1n) is 4.11. The van der Waals surface area contributed by atoms with Crippen LogP contribution in [-0.4, -0.2) is 28.6 Å². The van der Waals surface area contributed by atoms with Gasteiger partial charge in [0.25, 0.3) is 0 Å². The molecule has 1 rings (SSSR count). The number of amides is 1. The van der Waals surface area contributed by atoms with Crippen molar-refractivity contribution in [2.75, 3.05) is 18.4 Å². The smallest absolute Gasteiger partial charge is 0.226 e. The predicted molar refractivity (Wildman–Crippen MR) is 51.7 cm³/mol. The van der Waals surface area contributed by atoms with Crippen molar-refractivity contribution >= 4 is 22.4 Å². The van der Waals surface area contributed by atoms with Crippen molar-refractivity contribution in [1.29, 1.82) is 0 Å². The molecule has 6 heteroatoms. The lowest BCUT2D eigenvalue weighted by Gasteiger charge is -2.01. The van der Waals surface area contributed by atoms with Crippen LogP contribution in [0.25, 0.3) is 0 Å². The molecule has 0 saturated carbocycles. The Bertz CT molecular complexity index is 249. The lowest BCUT2D eigenvalue weighted by molar-refractivity contribution is -0.116. The maximum Gasteiger partial charge on any atom is 0.226 e. The summed E-state index contributed by atoms with van der Waals surface area (Å²) in [5.41, 5.74) is 0. The fourth-order valence-electron chi connectivity index (χ4n) is 0.801. The Hall–Kier alpha value is -1.01. The summed E-state index contributed by atoms with van der Waals surface area (Å²) in [4.78, 5) is 11.2. The van der Waals surface area contributed by atoms with Crippen molar-refractivity contribution in [3.63, 3.8) is 0 Å². The summed E-state index contributed by atoms with van der Waals surface area (Å²) in [5, 5.41) is 10.1. The van der Waals surface area contributed by atoms with Crippen LogP contribution < -0.4 is 10.6 Å². The molecule has 0 saturated heterocycles. The van der Waals surface area contributed by atoms with Crippen molar-refractivity contribution in [2.45, 2.75) is 13.3 Å². The SMILES string of the molecule is CCNCCC(=O)Nc1cnns1. The Labute approximate surface area is 80.7 Å². The van der Waals surface area contributed by atoms with Crippen LogP contribution in [0.3, 0.4) is 0 Å². The van der Waals surface area contributed by atoms with Crippen LogP contribution >= 0.6 is 11.5 Å². The van der Waals surface area contributed by atoms with Crippen LogP contribution in [0.2, 0.25) is 0 Å². The van der Waals surface area contributed by atoms with E-state index in [1.165, 1.54) is 17.7 Å². The molecule has 1 aromatic rings. The summed E-state index contributed by atoms with van der Waals surface area (Å²) in [5.74, 6) is -0.00741. The van der Waals surface area contributed by atoms with E-state index in [9.17, 15) is 4.79 Å². The third-order valence-electron chi connectivity index (χ3n) is 1.40. The standard InChI is InChI=1S/C7H12N4OS/c1-2-8-4-3-6(12)10-7-5-9-11-13-7/h5,8H,2-4H2,1H3,(H,10,12). The summed E-state index contributed by atoms with van der Waals surface area (Å²) in [6.45, 7) is 3.59. The van der Waals surface area contributed by atoms with Crippen molar-refractivity contribution in [3.8, 4) is 0 Å². The van der Waals surface area contributed by atoms with E-state index in [-0.39, 0.29) is 5.91 Å². The van der Waals surface area contributed by atoms with E-state index in [2.05, 4.69) is 20.2 Å². The molecule has 13 heavy (non-hydrogen) atoms. The quantitative estimate of drug-likeness (QED) is 0.678. The highest BCUT2D eigenvalue weighted by Gasteiger charge is 2.02. The Morgan fingerprint density at radius 3 is 3.15 bits per heavy atom. The van der Waals surface area contributed by atoms with Crippen LogP contribution in [0.5, 0.6) is 0 Å². The second-order valence-corrected chi connectivity index (χ2v) is 3.22. The molecule has 1 heterocycles. The van der Waals surface area contributed by atoms with E-state index in [1.807, 2.05) is 6.92 Å². The average Bonchev–Trinajstić information content (AvgIpc) is 2.57. The number of nitrogens with zero attached hydrogens (tertiary/aromatic N) is 2. The summed E-state index contributed by atoms with van der Waals surface area (Å²) in [6.07, 6.45) is 2.02. The topological polar surface area (TPSA) is 66.9 Å². The zero-order chi connectivity index (χ0) is 9.52. The molecule has 5 nitrogen and oxygen atoms in total. The number of anilines is 1. The molecule has 0 bridgehead atoms. The summed E-state index contributed by atoms with van der Waals surface area (Å²) in [6, 6.07) is 0. The molecule has 72 valence electrons. The largest absolute Gasteiger partial charge is 0.316 e. The molecule has 0 aliphatic rings. The Kier molecular flexibility index (Phi) is 4.34. The number of hydrogen-bond acceptors (Lipinski definition) is 5. The van der Waals surface area contributed by atoms with E-state index < -0.39 is 0 Å². The molecule has 1 aromatic heterocycles. The second-order valence-electron chi connectivity index (χ2n) is 2.43. The first kappa shape index (κ1) is 10.1. The molecule has 1 amide bonds. The molecular formula is C7H12N4OS. The number of hydrogen-bond donors (Lipinski definition) is 2. The lowest BCUT2D eigenvalue weighted by Crippen LogP contribution is -2.21. The van der Waals surface area contributed by atoms with Gasteiger partial charge < -0.3 is 10.6 Å². The first-order valence-corrected chi connectivity index (χ1v) is 4.88. The second kappa shape index (κ2) is 5.60. The van der Waals surface area contributed by atoms with Crippen LogP contribution in [0.1, 0.15) is 13.3 Å². The monoisotopic (exact) mass is 200 g/mol. The highest BCUT2D eigenvalue weighted by atomic mass is 32.1. The van der Waals surface area contributed by atoms with Gasteiger partial charge in [-0.05, 0) is 6.54 Å². The molecule has 0 spiro atoms. The predicted octanol–water partition coefficient (Wildman–Crippen LogP) is 0.476. The molecule has 2 N–H and O–H groups in total. The third kappa shape index (κ3) is 3.95. The van der Waals surface area contributed by atoms with Gasteiger partial charge >= 0.3 is 0 Å². The molecular weight excluding hydrogens is 188 g/mol. The normalized spacial score (nSPS) is 9.92. The molecule has 0 aliphatic carbocycles. The van der Waals surface area contributed by atoms with E-state index in [4.69, 9.17) is 0 Å². The molecule has 0 fully saturated rings. The number of carbonyl (C=O) groups excluding carboxylic acids is 1. The zero-order valence-corrected chi connectivity index (χ0v) is 8.23. The van der Waals surface area contributed by atoms with Crippen LogP contribution in [-0.2, 0) is 4.79 Å². The van der Waals surface area contributed by atoms with Crippen molar-refractivity contribution in [1.82, 2.24) is 14.9 Å². The first-order chi connectivity index (χ1) is 6.33. The maximum absolute atomic E-state index is 11.2. The number of carbonyl (C=O) groups is 1. The molecule has 0 unspecified atom stereocenters. The fraction of sp³-hybridized carbons (Fsp3) is 0.571. The lowest BCUT2D eigenvalue weighted by atomic mass is 10.4. The molecule has 0 atom stereocenters. The maximum atomic E-state index is 11.2. The third-order valence-corrected chi connectivity index (χ3v) is 1.98. The van der Waals surface area contributed by atoms with Gasteiger partial charge in [-0.1, -0.05) is 11.4 Å². The van der Waals surface area contributed by atoms with Gasteiger partial charge in [0, 0.05) is 24.5 Å². The molecule has 0 radical (unpaired) electrons. The summed E-state index contributed by atoms with van der Waals surface area (Å²) in [7, 11) is 0. The Balaban J connectivity index is 2.18. The van der Waals surface area contributed by atoms with Gasteiger partial charge in [-0.15, -0.1) is 5.10 Å². The minimum Gasteiger partial charge on any atom is -0.316 e. The number of aromatic nitrogens is 2. The van der Waals surface area contributed by atoms with Gasteiger partial charge in [0.05, 0.1) is 6.20 Å². The minimum atomic E-state index is -0.00741. The van der Waals surface area contributed by atoms with Gasteiger partial charge in [-0.3, -0.25) is 4.79 Å². The van der Waals surface area contributed by atoms with Gasteiger partial charge in [-0.2, -0.15) is 0 Å². The van der Waals surface area contributed by atoms with Gasteiger partial charge in [-0.25, -0.2) is 0 Å². The Morgan fingerprint density at radius 1 is 1.69 bits per heavy atom. The van der Waals surface area contributed by atoms with Crippen molar-refractivity contribution in [3.05, 3.63) is 6.20 Å². The zero-order valence-electron chi connectivity index (χ0n) is 7.41. The highest BCUT2D eigenvalue weighted by molar-refractivity contribution is 7.10. The number of rotatable bonds is 5. The van der Waals surface area contributed by atoms with Gasteiger partial charge in [0.2, 0.25) is 5.91 Å².